The predicted octanol–water partition coefficient (Wildman–Crippen LogP) is 7.78. The van der Waals surface area contributed by atoms with Crippen molar-refractivity contribution in [2.45, 2.75) is 11.3 Å². The molecule has 5 nitrogen and oxygen atoms in total. The number of benzene rings is 5. The lowest BCUT2D eigenvalue weighted by molar-refractivity contribution is -0.113. The smallest absolute Gasteiger partial charge is 0.272 e. The van der Waals surface area contributed by atoms with Gasteiger partial charge in [0, 0.05) is 21.7 Å². The van der Waals surface area contributed by atoms with E-state index in [-0.39, 0.29) is 17.2 Å². The van der Waals surface area contributed by atoms with Crippen molar-refractivity contribution in [3.63, 3.8) is 0 Å². The molecule has 0 heterocycles. The lowest BCUT2D eigenvalue weighted by Crippen LogP contribution is -2.30. The molecule has 216 valence electrons. The number of halogens is 1. The van der Waals surface area contributed by atoms with Crippen LogP contribution < -0.4 is 10.6 Å². The van der Waals surface area contributed by atoms with Crippen molar-refractivity contribution < 1.29 is 18.8 Å². The van der Waals surface area contributed by atoms with Crippen LogP contribution in [0.2, 0.25) is 0 Å². The van der Waals surface area contributed by atoms with Crippen LogP contribution in [0.25, 0.3) is 17.2 Å². The fraction of sp³-hybridized carbons (Fsp3) is 0.0541. The largest absolute Gasteiger partial charge is 0.321 e. The molecule has 2 amide bonds. The Kier molecular flexibility index (Phi) is 8.48. The Hall–Kier alpha value is -5.27. The summed E-state index contributed by atoms with van der Waals surface area (Å²) in [6.07, 6.45) is 2.31. The molecule has 0 atom stereocenters. The summed E-state index contributed by atoms with van der Waals surface area (Å²) < 4.78 is 13.5. The third-order valence-corrected chi connectivity index (χ3v) is 8.28. The highest BCUT2D eigenvalue weighted by atomic mass is 32.2. The summed E-state index contributed by atoms with van der Waals surface area (Å²) in [6.45, 7) is 0. The van der Waals surface area contributed by atoms with Crippen LogP contribution in [0.4, 0.5) is 10.1 Å². The molecule has 2 N–H and O–H groups in total. The average molecular weight is 599 g/mol. The second kappa shape index (κ2) is 12.9. The Morgan fingerprint density at radius 2 is 1.48 bits per heavy atom. The van der Waals surface area contributed by atoms with Crippen LogP contribution in [0.5, 0.6) is 0 Å². The molecule has 0 aliphatic heterocycles. The minimum atomic E-state index is -0.545. The molecular formula is C37H27FN2O3S. The highest BCUT2D eigenvalue weighted by Gasteiger charge is 2.20. The zero-order valence-electron chi connectivity index (χ0n) is 23.5. The lowest BCUT2D eigenvalue weighted by Gasteiger charge is -2.12. The van der Waals surface area contributed by atoms with E-state index in [1.165, 1.54) is 58.8 Å². The van der Waals surface area contributed by atoms with Gasteiger partial charge in [-0.15, -0.1) is 11.8 Å². The Morgan fingerprint density at radius 3 is 2.30 bits per heavy atom. The van der Waals surface area contributed by atoms with E-state index in [4.69, 9.17) is 0 Å². The number of Topliss-reactive ketones (excluding diaryl/α,β-unsaturated/α-hetero) is 1. The topological polar surface area (TPSA) is 75.3 Å². The van der Waals surface area contributed by atoms with E-state index in [2.05, 4.69) is 22.8 Å². The molecule has 0 saturated heterocycles. The molecule has 0 bridgehead atoms. The molecule has 1 aliphatic carbocycles. The summed E-state index contributed by atoms with van der Waals surface area (Å²) in [5.74, 6) is -1.14. The minimum absolute atomic E-state index is 0.00236. The van der Waals surface area contributed by atoms with Crippen LogP contribution in [-0.4, -0.2) is 23.4 Å². The second-order valence-corrected chi connectivity index (χ2v) is 11.4. The van der Waals surface area contributed by atoms with Gasteiger partial charge in [0.1, 0.15) is 11.5 Å². The van der Waals surface area contributed by atoms with E-state index >= 15 is 0 Å². The monoisotopic (exact) mass is 598 g/mol. The van der Waals surface area contributed by atoms with Gasteiger partial charge in [0.25, 0.3) is 11.8 Å². The predicted molar refractivity (Wildman–Crippen MR) is 173 cm³/mol. The van der Waals surface area contributed by atoms with Crippen molar-refractivity contribution >= 4 is 41.1 Å². The van der Waals surface area contributed by atoms with Gasteiger partial charge < -0.3 is 10.6 Å². The van der Waals surface area contributed by atoms with Gasteiger partial charge in [-0.2, -0.15) is 0 Å². The number of hydrogen-bond acceptors (Lipinski definition) is 4. The minimum Gasteiger partial charge on any atom is -0.321 e. The van der Waals surface area contributed by atoms with Crippen LogP contribution in [0.3, 0.4) is 0 Å². The van der Waals surface area contributed by atoms with Crippen LogP contribution in [0.15, 0.2) is 132 Å². The summed E-state index contributed by atoms with van der Waals surface area (Å²) in [7, 11) is 0. The fourth-order valence-electron chi connectivity index (χ4n) is 5.08. The standard InChI is InChI=1S/C37H27FN2O3S/c38-29-16-13-24(14-17-29)19-34(40-36(42)25-7-2-1-3-8-25)37(43)39-30-10-6-11-31(22-30)44-23-35(41)27-15-18-33-28(21-27)20-26-9-4-5-12-32(26)33/h1-19,21-22H,20,23H2,(H,39,43)(H,40,42)/b34-19-. The number of carbonyl (C=O) groups excluding carboxylic acids is 3. The number of anilines is 1. The number of carbonyl (C=O) groups is 3. The summed E-state index contributed by atoms with van der Waals surface area (Å²) in [6, 6.07) is 35.5. The molecule has 0 aromatic heterocycles. The number of thioether (sulfide) groups is 1. The molecule has 44 heavy (non-hydrogen) atoms. The number of amides is 2. The summed E-state index contributed by atoms with van der Waals surface area (Å²) >= 11 is 1.38. The zero-order chi connectivity index (χ0) is 30.5. The van der Waals surface area contributed by atoms with Gasteiger partial charge >= 0.3 is 0 Å². The number of nitrogens with one attached hydrogen (secondary N) is 2. The number of hydrogen-bond donors (Lipinski definition) is 2. The first-order valence-electron chi connectivity index (χ1n) is 14.1. The van der Waals surface area contributed by atoms with Gasteiger partial charge in [-0.25, -0.2) is 4.39 Å². The zero-order valence-corrected chi connectivity index (χ0v) is 24.4. The van der Waals surface area contributed by atoms with E-state index in [9.17, 15) is 18.8 Å². The molecule has 0 unspecified atom stereocenters. The molecule has 0 spiro atoms. The van der Waals surface area contributed by atoms with Gasteiger partial charge in [0.15, 0.2) is 5.78 Å². The molecule has 5 aromatic rings. The molecule has 0 radical (unpaired) electrons. The van der Waals surface area contributed by atoms with Crippen LogP contribution in [0.1, 0.15) is 37.4 Å². The number of fused-ring (bicyclic) bond motifs is 3. The molecule has 0 saturated carbocycles. The molecule has 1 aliphatic rings. The average Bonchev–Trinajstić information content (AvgIpc) is 3.43. The van der Waals surface area contributed by atoms with E-state index < -0.39 is 17.6 Å². The molecule has 0 fully saturated rings. The second-order valence-electron chi connectivity index (χ2n) is 10.3. The molecule has 7 heteroatoms. The number of rotatable bonds is 9. The van der Waals surface area contributed by atoms with Gasteiger partial charge in [-0.1, -0.05) is 72.8 Å². The third kappa shape index (κ3) is 6.69. The Balaban J connectivity index is 1.13. The van der Waals surface area contributed by atoms with Gasteiger partial charge in [-0.3, -0.25) is 14.4 Å². The molecule has 6 rings (SSSR count). The first kappa shape index (κ1) is 28.8. The van der Waals surface area contributed by atoms with Crippen LogP contribution in [-0.2, 0) is 11.2 Å². The highest BCUT2D eigenvalue weighted by Crippen LogP contribution is 2.37. The van der Waals surface area contributed by atoms with Crippen molar-refractivity contribution in [2.75, 3.05) is 11.1 Å². The van der Waals surface area contributed by atoms with E-state index in [0.717, 1.165) is 16.9 Å². The Bertz CT molecular complexity index is 1900. The van der Waals surface area contributed by atoms with Crippen LogP contribution >= 0.6 is 11.8 Å². The molecule has 5 aromatic carbocycles. The van der Waals surface area contributed by atoms with Gasteiger partial charge in [-0.05, 0) is 88.8 Å². The first-order chi connectivity index (χ1) is 21.4. The molecular weight excluding hydrogens is 571 g/mol. The van der Waals surface area contributed by atoms with Crippen molar-refractivity contribution in [2.24, 2.45) is 0 Å². The first-order valence-corrected chi connectivity index (χ1v) is 15.0. The maximum Gasteiger partial charge on any atom is 0.272 e. The van der Waals surface area contributed by atoms with Crippen molar-refractivity contribution in [1.29, 1.82) is 0 Å². The highest BCUT2D eigenvalue weighted by molar-refractivity contribution is 8.00. The van der Waals surface area contributed by atoms with E-state index in [1.54, 1.807) is 48.5 Å². The van der Waals surface area contributed by atoms with Crippen molar-refractivity contribution in [3.05, 3.63) is 161 Å². The summed E-state index contributed by atoms with van der Waals surface area (Å²) in [5.41, 5.74) is 6.96. The maximum absolute atomic E-state index is 13.5. The Morgan fingerprint density at radius 1 is 0.727 bits per heavy atom. The SMILES string of the molecule is O=C(Nc1cccc(SCC(=O)c2ccc3c(c2)Cc2ccccc2-3)c1)/C(=C/c1ccc(F)cc1)NC(=O)c1ccccc1. The summed E-state index contributed by atoms with van der Waals surface area (Å²) in [4.78, 5) is 40.1. The Labute approximate surface area is 258 Å². The summed E-state index contributed by atoms with van der Waals surface area (Å²) in [5, 5.41) is 5.51. The lowest BCUT2D eigenvalue weighted by atomic mass is 10.0. The third-order valence-electron chi connectivity index (χ3n) is 7.29. The van der Waals surface area contributed by atoms with Crippen molar-refractivity contribution in [3.8, 4) is 11.1 Å². The fourth-order valence-corrected chi connectivity index (χ4v) is 5.93. The van der Waals surface area contributed by atoms with Gasteiger partial charge in [0.05, 0.1) is 5.75 Å². The van der Waals surface area contributed by atoms with E-state index in [1.807, 2.05) is 36.4 Å². The number of ketones is 1. The quantitative estimate of drug-likeness (QED) is 0.101. The maximum atomic E-state index is 13.5. The van der Waals surface area contributed by atoms with Crippen LogP contribution in [0, 0.1) is 5.82 Å². The van der Waals surface area contributed by atoms with Crippen molar-refractivity contribution in [1.82, 2.24) is 5.32 Å². The van der Waals surface area contributed by atoms with E-state index in [0.29, 0.717) is 22.4 Å². The normalized spacial score (nSPS) is 11.8. The van der Waals surface area contributed by atoms with Gasteiger partial charge in [0.2, 0.25) is 0 Å².